The average Bonchev–Trinajstić information content (AvgIpc) is 2.68. The van der Waals surface area contributed by atoms with E-state index in [0.717, 1.165) is 37.6 Å². The number of piperazine rings is 1. The lowest BCUT2D eigenvalue weighted by Gasteiger charge is -2.36. The quantitative estimate of drug-likeness (QED) is 0.697. The molecule has 0 aromatic heterocycles. The second-order valence-electron chi connectivity index (χ2n) is 6.33. The zero-order chi connectivity index (χ0) is 19.3. The summed E-state index contributed by atoms with van der Waals surface area (Å²) in [5, 5.41) is 0. The van der Waals surface area contributed by atoms with Gasteiger partial charge in [-0.15, -0.1) is 0 Å². The highest BCUT2D eigenvalue weighted by molar-refractivity contribution is 9.10. The highest BCUT2D eigenvalue weighted by Crippen LogP contribution is 2.28. The molecule has 1 fully saturated rings. The Kier molecular flexibility index (Phi) is 6.75. The third-order valence-corrected chi connectivity index (χ3v) is 7.12. The molecule has 2 aromatic carbocycles. The summed E-state index contributed by atoms with van der Waals surface area (Å²) in [7, 11) is -1.82. The zero-order valence-corrected chi connectivity index (χ0v) is 17.7. The van der Waals surface area contributed by atoms with E-state index in [-0.39, 0.29) is 4.90 Å². The Hall–Kier alpha value is -1.61. The van der Waals surface area contributed by atoms with Crippen molar-refractivity contribution in [2.24, 2.45) is 0 Å². The summed E-state index contributed by atoms with van der Waals surface area (Å²) in [6, 6.07) is 14.9. The minimum absolute atomic E-state index is 0.269. The predicted octanol–water partition coefficient (Wildman–Crippen LogP) is 2.56. The zero-order valence-electron chi connectivity index (χ0n) is 15.3. The molecule has 3 rings (SSSR count). The minimum atomic E-state index is -3.51. The number of benzene rings is 2. The molecule has 1 aliphatic rings. The van der Waals surface area contributed by atoms with E-state index in [0.29, 0.717) is 17.6 Å². The molecule has 0 unspecified atom stereocenters. The van der Waals surface area contributed by atoms with Crippen LogP contribution in [0.15, 0.2) is 57.9 Å². The molecule has 27 heavy (non-hydrogen) atoms. The van der Waals surface area contributed by atoms with Crippen LogP contribution in [0.4, 0.5) is 5.69 Å². The normalized spacial score (nSPS) is 15.7. The van der Waals surface area contributed by atoms with Gasteiger partial charge in [0.15, 0.2) is 0 Å². The number of halogens is 1. The van der Waals surface area contributed by atoms with Crippen LogP contribution in [0, 0.1) is 0 Å². The number of sulfonamides is 1. The summed E-state index contributed by atoms with van der Waals surface area (Å²) in [6.45, 7) is 4.61. The molecule has 146 valence electrons. The fourth-order valence-corrected chi connectivity index (χ4v) is 5.20. The van der Waals surface area contributed by atoms with Gasteiger partial charge >= 0.3 is 0 Å². The van der Waals surface area contributed by atoms with Crippen LogP contribution in [0.5, 0.6) is 5.75 Å². The maximum Gasteiger partial charge on any atom is 0.241 e. The van der Waals surface area contributed by atoms with Gasteiger partial charge in [-0.05, 0) is 40.2 Å². The van der Waals surface area contributed by atoms with Crippen molar-refractivity contribution in [2.75, 3.05) is 51.3 Å². The predicted molar refractivity (Wildman–Crippen MR) is 111 cm³/mol. The fourth-order valence-electron chi connectivity index (χ4n) is 3.18. The molecule has 1 heterocycles. The summed E-state index contributed by atoms with van der Waals surface area (Å²) >= 11 is 3.30. The van der Waals surface area contributed by atoms with E-state index in [9.17, 15) is 8.42 Å². The molecular formula is C19H24BrN3O3S. The molecule has 1 N–H and O–H groups in total. The van der Waals surface area contributed by atoms with Gasteiger partial charge in [-0.3, -0.25) is 4.90 Å². The van der Waals surface area contributed by atoms with Gasteiger partial charge in [-0.2, -0.15) is 0 Å². The van der Waals surface area contributed by atoms with Gasteiger partial charge in [0.2, 0.25) is 10.0 Å². The first-order chi connectivity index (χ1) is 13.0. The summed E-state index contributed by atoms with van der Waals surface area (Å²) in [5.41, 5.74) is 1.11. The maximum absolute atomic E-state index is 12.4. The molecule has 0 atom stereocenters. The Morgan fingerprint density at radius 2 is 1.70 bits per heavy atom. The second-order valence-corrected chi connectivity index (χ2v) is 8.92. The van der Waals surface area contributed by atoms with Gasteiger partial charge in [0.05, 0.1) is 17.7 Å². The van der Waals surface area contributed by atoms with E-state index < -0.39 is 10.0 Å². The number of rotatable bonds is 7. The van der Waals surface area contributed by atoms with Crippen LogP contribution in [0.1, 0.15) is 0 Å². The monoisotopic (exact) mass is 453 g/mol. The summed E-state index contributed by atoms with van der Waals surface area (Å²) in [5.74, 6) is 0.882. The Morgan fingerprint density at radius 1 is 1.04 bits per heavy atom. The summed E-state index contributed by atoms with van der Waals surface area (Å²) in [4.78, 5) is 4.85. The van der Waals surface area contributed by atoms with Crippen molar-refractivity contribution in [1.82, 2.24) is 9.62 Å². The van der Waals surface area contributed by atoms with E-state index >= 15 is 0 Å². The van der Waals surface area contributed by atoms with E-state index in [1.165, 1.54) is 0 Å². The maximum atomic E-state index is 12.4. The molecule has 0 amide bonds. The Morgan fingerprint density at radius 3 is 2.41 bits per heavy atom. The molecule has 0 spiro atoms. The topological polar surface area (TPSA) is 61.9 Å². The SMILES string of the molecule is COc1ccccc1N1CCN(CCNS(=O)(=O)c2ccccc2Br)CC1. The first-order valence-electron chi connectivity index (χ1n) is 8.86. The van der Waals surface area contributed by atoms with Crippen molar-refractivity contribution in [2.45, 2.75) is 4.90 Å². The Bertz CT molecular complexity index is 868. The largest absolute Gasteiger partial charge is 0.495 e. The standard InChI is InChI=1S/C19H24BrN3O3S/c1-26-18-8-4-3-7-17(18)23-14-12-22(13-15-23)11-10-21-27(24,25)19-9-5-2-6-16(19)20/h2-9,21H,10-15H2,1H3. The number of nitrogens with zero attached hydrogens (tertiary/aromatic N) is 2. The summed E-state index contributed by atoms with van der Waals surface area (Å²) < 4.78 is 33.5. The third kappa shape index (κ3) is 5.01. The van der Waals surface area contributed by atoms with Gasteiger partial charge in [0.25, 0.3) is 0 Å². The molecule has 0 aliphatic carbocycles. The lowest BCUT2D eigenvalue weighted by Crippen LogP contribution is -2.48. The van der Waals surface area contributed by atoms with E-state index in [4.69, 9.17) is 4.74 Å². The molecule has 0 bridgehead atoms. The van der Waals surface area contributed by atoms with Crippen LogP contribution in [0.25, 0.3) is 0 Å². The van der Waals surface area contributed by atoms with E-state index in [1.807, 2.05) is 18.2 Å². The van der Waals surface area contributed by atoms with E-state index in [2.05, 4.69) is 36.5 Å². The minimum Gasteiger partial charge on any atom is -0.495 e. The molecule has 0 saturated carbocycles. The van der Waals surface area contributed by atoms with Crippen molar-refractivity contribution in [3.63, 3.8) is 0 Å². The molecule has 6 nitrogen and oxygen atoms in total. The van der Waals surface area contributed by atoms with Crippen molar-refractivity contribution in [3.05, 3.63) is 53.0 Å². The number of ether oxygens (including phenoxy) is 1. The number of methoxy groups -OCH3 is 1. The fraction of sp³-hybridized carbons (Fsp3) is 0.368. The van der Waals surface area contributed by atoms with Crippen LogP contribution in [0.3, 0.4) is 0 Å². The first-order valence-corrected chi connectivity index (χ1v) is 11.1. The highest BCUT2D eigenvalue weighted by atomic mass is 79.9. The highest BCUT2D eigenvalue weighted by Gasteiger charge is 2.21. The smallest absolute Gasteiger partial charge is 0.241 e. The Labute approximate surface area is 169 Å². The van der Waals surface area contributed by atoms with Crippen LogP contribution in [-0.4, -0.2) is 59.7 Å². The second kappa shape index (κ2) is 9.05. The van der Waals surface area contributed by atoms with Crippen molar-refractivity contribution < 1.29 is 13.2 Å². The first kappa shape index (κ1) is 20.1. The number of nitrogens with one attached hydrogen (secondary N) is 1. The van der Waals surface area contributed by atoms with Gasteiger partial charge in [-0.25, -0.2) is 13.1 Å². The number of para-hydroxylation sites is 2. The van der Waals surface area contributed by atoms with Crippen molar-refractivity contribution in [1.29, 1.82) is 0 Å². The van der Waals surface area contributed by atoms with Crippen LogP contribution >= 0.6 is 15.9 Å². The summed E-state index contributed by atoms with van der Waals surface area (Å²) in [6.07, 6.45) is 0. The molecular weight excluding hydrogens is 430 g/mol. The number of hydrogen-bond donors (Lipinski definition) is 1. The number of anilines is 1. The molecule has 0 radical (unpaired) electrons. The molecule has 2 aromatic rings. The van der Waals surface area contributed by atoms with Crippen LogP contribution < -0.4 is 14.4 Å². The third-order valence-electron chi connectivity index (χ3n) is 4.64. The van der Waals surface area contributed by atoms with Gasteiger partial charge in [0.1, 0.15) is 5.75 Å². The van der Waals surface area contributed by atoms with Crippen LogP contribution in [-0.2, 0) is 10.0 Å². The lowest BCUT2D eigenvalue weighted by atomic mass is 10.2. The van der Waals surface area contributed by atoms with Crippen molar-refractivity contribution in [3.8, 4) is 5.75 Å². The van der Waals surface area contributed by atoms with Gasteiger partial charge in [0, 0.05) is 43.7 Å². The lowest BCUT2D eigenvalue weighted by molar-refractivity contribution is 0.261. The molecule has 8 heteroatoms. The van der Waals surface area contributed by atoms with Gasteiger partial charge in [-0.1, -0.05) is 24.3 Å². The van der Waals surface area contributed by atoms with Crippen LogP contribution in [0.2, 0.25) is 0 Å². The molecule has 1 aliphatic heterocycles. The number of hydrogen-bond acceptors (Lipinski definition) is 5. The van der Waals surface area contributed by atoms with Crippen molar-refractivity contribution >= 4 is 31.6 Å². The van der Waals surface area contributed by atoms with E-state index in [1.54, 1.807) is 31.4 Å². The molecule has 1 saturated heterocycles. The average molecular weight is 454 g/mol. The van der Waals surface area contributed by atoms with Gasteiger partial charge < -0.3 is 9.64 Å². The Balaban J connectivity index is 1.49.